The van der Waals surface area contributed by atoms with E-state index in [2.05, 4.69) is 0 Å². The number of hydrogen-bond donors (Lipinski definition) is 2. The summed E-state index contributed by atoms with van der Waals surface area (Å²) in [7, 11) is 0. The van der Waals surface area contributed by atoms with E-state index in [1.54, 1.807) is 0 Å². The average Bonchev–Trinajstić information content (AvgIpc) is 3.06. The number of aliphatic hydroxyl groups excluding tert-OH is 1. The molecule has 0 saturated carbocycles. The molecule has 0 spiro atoms. The van der Waals surface area contributed by atoms with Crippen LogP contribution in [0.3, 0.4) is 0 Å². The van der Waals surface area contributed by atoms with Crippen LogP contribution in [0.25, 0.3) is 0 Å². The number of benzene rings is 1. The molecular weight excluding hydrogens is 268 g/mol. The fourth-order valence-corrected chi connectivity index (χ4v) is 3.98. The summed E-state index contributed by atoms with van der Waals surface area (Å²) in [5.41, 5.74) is 2.01. The van der Waals surface area contributed by atoms with Crippen molar-refractivity contribution in [1.29, 1.82) is 0 Å². The summed E-state index contributed by atoms with van der Waals surface area (Å²) in [5, 5.41) is 18.6. The number of aryl methyl sites for hydroxylation is 1. The summed E-state index contributed by atoms with van der Waals surface area (Å²) in [6.45, 7) is 0.197. The van der Waals surface area contributed by atoms with Crippen molar-refractivity contribution in [2.45, 2.75) is 44.3 Å². The van der Waals surface area contributed by atoms with Gasteiger partial charge in [0, 0.05) is 12.5 Å². The first-order valence-electron chi connectivity index (χ1n) is 7.74. The zero-order valence-electron chi connectivity index (χ0n) is 12.1. The van der Waals surface area contributed by atoms with Gasteiger partial charge < -0.3 is 14.9 Å². The Bertz CT molecular complexity index is 513. The third-order valence-corrected chi connectivity index (χ3v) is 5.01. The fraction of sp³-hybridized carbons (Fsp3) is 0.588. The van der Waals surface area contributed by atoms with Gasteiger partial charge in [0.25, 0.3) is 0 Å². The number of rotatable bonds is 6. The van der Waals surface area contributed by atoms with Crippen LogP contribution in [-0.2, 0) is 22.4 Å². The SMILES string of the molecule is O=C(O)Cc1ccccc1CC[C@@H]1[C@H](CO)[C@H]2CC[C@@H]1O2. The van der Waals surface area contributed by atoms with E-state index in [-0.39, 0.29) is 25.0 Å². The molecule has 0 radical (unpaired) electrons. The summed E-state index contributed by atoms with van der Waals surface area (Å²) in [6, 6.07) is 7.75. The number of hydrogen-bond acceptors (Lipinski definition) is 3. The highest BCUT2D eigenvalue weighted by atomic mass is 16.5. The van der Waals surface area contributed by atoms with Gasteiger partial charge in [0.15, 0.2) is 0 Å². The number of carboxylic acid groups (broad SMARTS) is 1. The third-order valence-electron chi connectivity index (χ3n) is 5.01. The van der Waals surface area contributed by atoms with Crippen molar-refractivity contribution in [3.05, 3.63) is 35.4 Å². The van der Waals surface area contributed by atoms with E-state index in [9.17, 15) is 9.90 Å². The van der Waals surface area contributed by atoms with Crippen LogP contribution in [0.4, 0.5) is 0 Å². The van der Waals surface area contributed by atoms with Gasteiger partial charge in [-0.15, -0.1) is 0 Å². The van der Waals surface area contributed by atoms with Gasteiger partial charge in [-0.05, 0) is 42.7 Å². The Hall–Kier alpha value is -1.39. The first-order valence-corrected chi connectivity index (χ1v) is 7.74. The summed E-state index contributed by atoms with van der Waals surface area (Å²) < 4.78 is 5.92. The van der Waals surface area contributed by atoms with Crippen LogP contribution in [0.2, 0.25) is 0 Å². The van der Waals surface area contributed by atoms with Crippen molar-refractivity contribution in [2.24, 2.45) is 11.8 Å². The van der Waals surface area contributed by atoms with E-state index < -0.39 is 5.97 Å². The number of carboxylic acids is 1. The lowest BCUT2D eigenvalue weighted by atomic mass is 9.76. The molecule has 4 nitrogen and oxygen atoms in total. The highest BCUT2D eigenvalue weighted by Gasteiger charge is 2.47. The normalized spacial score (nSPS) is 30.7. The Balaban J connectivity index is 1.66. The number of aliphatic hydroxyl groups is 1. The lowest BCUT2D eigenvalue weighted by Crippen LogP contribution is -2.30. The summed E-state index contributed by atoms with van der Waals surface area (Å²) in [4.78, 5) is 10.9. The monoisotopic (exact) mass is 290 g/mol. The molecule has 0 unspecified atom stereocenters. The van der Waals surface area contributed by atoms with Crippen molar-refractivity contribution < 1.29 is 19.7 Å². The first kappa shape index (κ1) is 14.5. The summed E-state index contributed by atoms with van der Waals surface area (Å²) in [5.74, 6) is -0.124. The third kappa shape index (κ3) is 2.97. The van der Waals surface area contributed by atoms with E-state index in [1.165, 1.54) is 0 Å². The molecule has 0 aliphatic carbocycles. The first-order chi connectivity index (χ1) is 10.2. The smallest absolute Gasteiger partial charge is 0.307 e. The van der Waals surface area contributed by atoms with Crippen molar-refractivity contribution in [3.63, 3.8) is 0 Å². The summed E-state index contributed by atoms with van der Waals surface area (Å²) >= 11 is 0. The van der Waals surface area contributed by atoms with Gasteiger partial charge in [0.05, 0.1) is 18.6 Å². The number of fused-ring (bicyclic) bond motifs is 2. The lowest BCUT2D eigenvalue weighted by molar-refractivity contribution is -0.136. The number of ether oxygens (including phenoxy) is 1. The predicted molar refractivity (Wildman–Crippen MR) is 78.1 cm³/mol. The Labute approximate surface area is 124 Å². The topological polar surface area (TPSA) is 66.8 Å². The van der Waals surface area contributed by atoms with E-state index in [4.69, 9.17) is 9.84 Å². The van der Waals surface area contributed by atoms with Gasteiger partial charge in [0.2, 0.25) is 0 Å². The maximum Gasteiger partial charge on any atom is 0.307 e. The minimum Gasteiger partial charge on any atom is -0.481 e. The van der Waals surface area contributed by atoms with Gasteiger partial charge in [-0.1, -0.05) is 24.3 Å². The van der Waals surface area contributed by atoms with Crippen LogP contribution in [0.1, 0.15) is 30.4 Å². The molecule has 0 aromatic heterocycles. The van der Waals surface area contributed by atoms with Crippen LogP contribution >= 0.6 is 0 Å². The van der Waals surface area contributed by atoms with Crippen molar-refractivity contribution in [3.8, 4) is 0 Å². The van der Waals surface area contributed by atoms with Gasteiger partial charge in [-0.25, -0.2) is 0 Å². The quantitative estimate of drug-likeness (QED) is 0.841. The molecule has 3 rings (SSSR count). The Morgan fingerprint density at radius 2 is 1.81 bits per heavy atom. The molecule has 114 valence electrons. The fourth-order valence-electron chi connectivity index (χ4n) is 3.98. The predicted octanol–water partition coefficient (Wildman–Crippen LogP) is 2.03. The molecule has 2 saturated heterocycles. The van der Waals surface area contributed by atoms with Crippen molar-refractivity contribution in [1.82, 2.24) is 0 Å². The highest BCUT2D eigenvalue weighted by Crippen LogP contribution is 2.45. The molecule has 2 heterocycles. The van der Waals surface area contributed by atoms with Gasteiger partial charge in [-0.2, -0.15) is 0 Å². The molecular formula is C17H22O4. The minimum absolute atomic E-state index is 0.0762. The average molecular weight is 290 g/mol. The standard InChI is InChI=1S/C17H22O4/c18-10-14-13(15-7-8-16(14)21-15)6-5-11-3-1-2-4-12(11)9-17(19)20/h1-4,13-16,18H,5-10H2,(H,19,20)/t13-,14+,15+,16-/m1/s1. The molecule has 2 N–H and O–H groups in total. The molecule has 0 amide bonds. The molecule has 1 aromatic rings. The van der Waals surface area contributed by atoms with Gasteiger partial charge in [0.1, 0.15) is 0 Å². The van der Waals surface area contributed by atoms with E-state index in [0.29, 0.717) is 12.0 Å². The number of aliphatic carboxylic acids is 1. The van der Waals surface area contributed by atoms with Crippen LogP contribution in [0.5, 0.6) is 0 Å². The van der Waals surface area contributed by atoms with E-state index >= 15 is 0 Å². The Morgan fingerprint density at radius 3 is 2.48 bits per heavy atom. The molecule has 2 bridgehead atoms. The van der Waals surface area contributed by atoms with Gasteiger partial charge in [-0.3, -0.25) is 4.79 Å². The maximum absolute atomic E-state index is 10.9. The zero-order chi connectivity index (χ0) is 14.8. The highest BCUT2D eigenvalue weighted by molar-refractivity contribution is 5.70. The second-order valence-corrected chi connectivity index (χ2v) is 6.18. The largest absolute Gasteiger partial charge is 0.481 e. The molecule has 2 aliphatic heterocycles. The maximum atomic E-state index is 10.9. The van der Waals surface area contributed by atoms with Crippen LogP contribution in [-0.4, -0.2) is 35.0 Å². The Morgan fingerprint density at radius 1 is 1.14 bits per heavy atom. The minimum atomic E-state index is -0.793. The summed E-state index contributed by atoms with van der Waals surface area (Å²) in [6.07, 6.45) is 4.59. The Kier molecular flexibility index (Phi) is 4.27. The van der Waals surface area contributed by atoms with Crippen LogP contribution < -0.4 is 0 Å². The molecule has 1 aromatic carbocycles. The van der Waals surface area contributed by atoms with E-state index in [1.807, 2.05) is 24.3 Å². The molecule has 4 atom stereocenters. The van der Waals surface area contributed by atoms with Crippen molar-refractivity contribution in [2.75, 3.05) is 6.61 Å². The van der Waals surface area contributed by atoms with Crippen LogP contribution in [0.15, 0.2) is 24.3 Å². The van der Waals surface area contributed by atoms with Gasteiger partial charge >= 0.3 is 5.97 Å². The number of carbonyl (C=O) groups is 1. The zero-order valence-corrected chi connectivity index (χ0v) is 12.1. The second kappa shape index (κ2) is 6.16. The lowest BCUT2D eigenvalue weighted by Gasteiger charge is -2.26. The van der Waals surface area contributed by atoms with Crippen LogP contribution in [0, 0.1) is 11.8 Å². The molecule has 21 heavy (non-hydrogen) atoms. The molecule has 2 aliphatic rings. The van der Waals surface area contributed by atoms with E-state index in [0.717, 1.165) is 36.8 Å². The second-order valence-electron chi connectivity index (χ2n) is 6.18. The van der Waals surface area contributed by atoms with Crippen molar-refractivity contribution >= 4 is 5.97 Å². The molecule has 2 fully saturated rings. The molecule has 4 heteroatoms.